The third-order valence-corrected chi connectivity index (χ3v) is 1.49. The van der Waals surface area contributed by atoms with Crippen LogP contribution in [-0.4, -0.2) is 21.4 Å². The lowest BCUT2D eigenvalue weighted by Crippen LogP contribution is -2.03. The Balaban J connectivity index is 2.85. The first kappa shape index (κ1) is 8.87. The van der Waals surface area contributed by atoms with Crippen LogP contribution in [0.1, 0.15) is 12.5 Å². The third kappa shape index (κ3) is 2.43. The molecule has 0 aliphatic rings. The van der Waals surface area contributed by atoms with Gasteiger partial charge in [-0.1, -0.05) is 0 Å². The van der Waals surface area contributed by atoms with Crippen LogP contribution in [-0.2, 0) is 6.42 Å². The van der Waals surface area contributed by atoms with Crippen molar-refractivity contribution in [1.82, 2.24) is 0 Å². The minimum absolute atomic E-state index is 0.0191. The van der Waals surface area contributed by atoms with Crippen molar-refractivity contribution in [3.05, 3.63) is 23.8 Å². The molecule has 1 aromatic carbocycles. The van der Waals surface area contributed by atoms with Crippen molar-refractivity contribution in [2.75, 3.05) is 0 Å². The number of aliphatic hydroxyl groups is 1. The molecule has 0 radical (unpaired) electrons. The Bertz CT molecular complexity index is 248. The number of rotatable bonds is 2. The van der Waals surface area contributed by atoms with E-state index in [9.17, 15) is 0 Å². The van der Waals surface area contributed by atoms with Gasteiger partial charge in [0.1, 0.15) is 11.5 Å². The third-order valence-electron chi connectivity index (χ3n) is 1.49. The Labute approximate surface area is 70.9 Å². The lowest BCUT2D eigenvalue weighted by Gasteiger charge is -2.05. The van der Waals surface area contributed by atoms with Crippen LogP contribution in [0.2, 0.25) is 0 Å². The Kier molecular flexibility index (Phi) is 2.55. The van der Waals surface area contributed by atoms with Gasteiger partial charge in [0.05, 0.1) is 6.10 Å². The molecule has 0 saturated heterocycles. The molecule has 0 aliphatic carbocycles. The van der Waals surface area contributed by atoms with Crippen molar-refractivity contribution in [2.24, 2.45) is 0 Å². The van der Waals surface area contributed by atoms with Crippen LogP contribution in [0.5, 0.6) is 11.5 Å². The first-order valence-electron chi connectivity index (χ1n) is 3.78. The fourth-order valence-corrected chi connectivity index (χ4v) is 1.12. The second-order valence-electron chi connectivity index (χ2n) is 2.91. The van der Waals surface area contributed by atoms with Crippen molar-refractivity contribution in [1.29, 1.82) is 0 Å². The highest BCUT2D eigenvalue weighted by Gasteiger charge is 2.02. The van der Waals surface area contributed by atoms with E-state index >= 15 is 0 Å². The summed E-state index contributed by atoms with van der Waals surface area (Å²) in [5.41, 5.74) is 0.725. The van der Waals surface area contributed by atoms with Gasteiger partial charge in [0.2, 0.25) is 0 Å². The van der Waals surface area contributed by atoms with E-state index in [-0.39, 0.29) is 11.5 Å². The number of aromatic hydroxyl groups is 2. The predicted molar refractivity (Wildman–Crippen MR) is 45.2 cm³/mol. The molecule has 0 aromatic heterocycles. The topological polar surface area (TPSA) is 60.7 Å². The zero-order valence-corrected chi connectivity index (χ0v) is 6.86. The second-order valence-corrected chi connectivity index (χ2v) is 2.91. The minimum Gasteiger partial charge on any atom is -0.508 e. The van der Waals surface area contributed by atoms with E-state index in [1.165, 1.54) is 18.2 Å². The van der Waals surface area contributed by atoms with Gasteiger partial charge in [-0.15, -0.1) is 0 Å². The van der Waals surface area contributed by atoms with Crippen molar-refractivity contribution in [3.63, 3.8) is 0 Å². The van der Waals surface area contributed by atoms with Gasteiger partial charge in [0, 0.05) is 6.07 Å². The number of phenolic OH excluding ortho intramolecular Hbond substituents is 2. The highest BCUT2D eigenvalue weighted by Crippen LogP contribution is 2.21. The summed E-state index contributed by atoms with van der Waals surface area (Å²) < 4.78 is 0. The van der Waals surface area contributed by atoms with Crippen LogP contribution in [0.25, 0.3) is 0 Å². The standard InChI is InChI=1S/C9H12O3/c1-6(10)2-7-3-8(11)5-9(12)4-7/h3-6,10-12H,2H2,1H3/t6-/m0/s1. The molecule has 3 N–H and O–H groups in total. The van der Waals surface area contributed by atoms with E-state index in [0.717, 1.165) is 5.56 Å². The molecule has 3 heteroatoms. The molecular weight excluding hydrogens is 156 g/mol. The maximum Gasteiger partial charge on any atom is 0.119 e. The van der Waals surface area contributed by atoms with E-state index in [4.69, 9.17) is 15.3 Å². The van der Waals surface area contributed by atoms with Crippen LogP contribution < -0.4 is 0 Å². The predicted octanol–water partition coefficient (Wildman–Crippen LogP) is 1.02. The van der Waals surface area contributed by atoms with Gasteiger partial charge in [0.25, 0.3) is 0 Å². The molecule has 0 unspecified atom stereocenters. The molecule has 3 nitrogen and oxygen atoms in total. The van der Waals surface area contributed by atoms with Crippen molar-refractivity contribution in [2.45, 2.75) is 19.4 Å². The van der Waals surface area contributed by atoms with Gasteiger partial charge in [-0.3, -0.25) is 0 Å². The SMILES string of the molecule is C[C@H](O)Cc1cc(O)cc(O)c1. The molecule has 0 amide bonds. The zero-order valence-electron chi connectivity index (χ0n) is 6.86. The van der Waals surface area contributed by atoms with E-state index in [1.807, 2.05) is 0 Å². The monoisotopic (exact) mass is 168 g/mol. The molecule has 0 saturated carbocycles. The fraction of sp³-hybridized carbons (Fsp3) is 0.333. The van der Waals surface area contributed by atoms with Crippen LogP contribution >= 0.6 is 0 Å². The van der Waals surface area contributed by atoms with Crippen LogP contribution in [0.15, 0.2) is 18.2 Å². The lowest BCUT2D eigenvalue weighted by molar-refractivity contribution is 0.195. The smallest absolute Gasteiger partial charge is 0.119 e. The van der Waals surface area contributed by atoms with E-state index in [0.29, 0.717) is 6.42 Å². The van der Waals surface area contributed by atoms with Gasteiger partial charge >= 0.3 is 0 Å². The minimum atomic E-state index is -0.466. The van der Waals surface area contributed by atoms with Crippen molar-refractivity contribution < 1.29 is 15.3 Å². The molecule has 0 spiro atoms. The maximum absolute atomic E-state index is 9.07. The molecule has 66 valence electrons. The number of hydrogen-bond acceptors (Lipinski definition) is 3. The Hall–Kier alpha value is -1.22. The molecule has 0 fully saturated rings. The molecule has 1 aromatic rings. The van der Waals surface area contributed by atoms with Gasteiger partial charge < -0.3 is 15.3 Å². The average molecular weight is 168 g/mol. The van der Waals surface area contributed by atoms with Gasteiger partial charge in [-0.2, -0.15) is 0 Å². The summed E-state index contributed by atoms with van der Waals surface area (Å²) >= 11 is 0. The molecule has 1 atom stereocenters. The summed E-state index contributed by atoms with van der Waals surface area (Å²) in [5, 5.41) is 27.2. The first-order chi connectivity index (χ1) is 5.58. The van der Waals surface area contributed by atoms with Gasteiger partial charge in [0.15, 0.2) is 0 Å². The van der Waals surface area contributed by atoms with Crippen molar-refractivity contribution in [3.8, 4) is 11.5 Å². The summed E-state index contributed by atoms with van der Waals surface area (Å²) in [6, 6.07) is 4.30. The lowest BCUT2D eigenvalue weighted by atomic mass is 10.1. The highest BCUT2D eigenvalue weighted by molar-refractivity contribution is 5.36. The number of benzene rings is 1. The number of hydrogen-bond donors (Lipinski definition) is 3. The number of phenols is 2. The Morgan fingerprint density at radius 3 is 2.08 bits per heavy atom. The highest BCUT2D eigenvalue weighted by atomic mass is 16.3. The summed E-state index contributed by atoms with van der Waals surface area (Å²) in [6.07, 6.45) is -0.0340. The molecule has 0 bridgehead atoms. The second kappa shape index (κ2) is 3.45. The molecule has 0 heterocycles. The molecular formula is C9H12O3. The molecule has 0 aliphatic heterocycles. The summed E-state index contributed by atoms with van der Waals surface area (Å²) in [6.45, 7) is 1.65. The van der Waals surface area contributed by atoms with Crippen LogP contribution in [0.3, 0.4) is 0 Å². The summed E-state index contributed by atoms with van der Waals surface area (Å²) in [4.78, 5) is 0. The average Bonchev–Trinajstić information content (AvgIpc) is 1.81. The van der Waals surface area contributed by atoms with Crippen LogP contribution in [0, 0.1) is 0 Å². The summed E-state index contributed by atoms with van der Waals surface area (Å²) in [7, 11) is 0. The Morgan fingerprint density at radius 1 is 1.17 bits per heavy atom. The number of aliphatic hydroxyl groups excluding tert-OH is 1. The van der Waals surface area contributed by atoms with Gasteiger partial charge in [-0.25, -0.2) is 0 Å². The van der Waals surface area contributed by atoms with Crippen molar-refractivity contribution >= 4 is 0 Å². The molecule has 12 heavy (non-hydrogen) atoms. The fourth-order valence-electron chi connectivity index (χ4n) is 1.12. The van der Waals surface area contributed by atoms with Crippen LogP contribution in [0.4, 0.5) is 0 Å². The Morgan fingerprint density at radius 2 is 1.67 bits per heavy atom. The van der Waals surface area contributed by atoms with E-state index in [2.05, 4.69) is 0 Å². The summed E-state index contributed by atoms with van der Waals surface area (Å²) in [5.74, 6) is 0.0382. The van der Waals surface area contributed by atoms with E-state index < -0.39 is 6.10 Å². The molecule has 1 rings (SSSR count). The quantitative estimate of drug-likeness (QED) is 0.618. The normalized spacial score (nSPS) is 12.8. The maximum atomic E-state index is 9.07. The zero-order chi connectivity index (χ0) is 9.14. The van der Waals surface area contributed by atoms with Gasteiger partial charge in [-0.05, 0) is 31.0 Å². The van der Waals surface area contributed by atoms with E-state index in [1.54, 1.807) is 6.92 Å². The first-order valence-corrected chi connectivity index (χ1v) is 3.78. The largest absolute Gasteiger partial charge is 0.508 e.